The smallest absolute Gasteiger partial charge is 0.261 e. The fourth-order valence-electron chi connectivity index (χ4n) is 1.56. The molecule has 21 heavy (non-hydrogen) atoms. The largest absolute Gasteiger partial charge is 0.389 e. The first-order chi connectivity index (χ1) is 10.1. The molecule has 1 unspecified atom stereocenters. The molecular formula is C14H20ClF2NO3. The van der Waals surface area contributed by atoms with Crippen LogP contribution in [0.5, 0.6) is 0 Å². The number of nitrogens with one attached hydrogen (secondary N) is 1. The van der Waals surface area contributed by atoms with Crippen molar-refractivity contribution in [1.29, 1.82) is 0 Å². The Morgan fingerprint density at radius 1 is 1.19 bits per heavy atom. The first-order valence-corrected chi connectivity index (χ1v) is 7.03. The van der Waals surface area contributed by atoms with E-state index in [-0.39, 0.29) is 13.2 Å². The molecule has 120 valence electrons. The highest BCUT2D eigenvalue weighted by atomic mass is 35.5. The summed E-state index contributed by atoms with van der Waals surface area (Å²) in [6.07, 6.45) is -3.13. The van der Waals surface area contributed by atoms with Crippen LogP contribution in [0.2, 0.25) is 5.02 Å². The molecule has 0 bridgehead atoms. The molecule has 1 aromatic rings. The van der Waals surface area contributed by atoms with E-state index in [0.717, 1.165) is 5.56 Å². The number of hydrogen-bond acceptors (Lipinski definition) is 4. The number of aliphatic hydroxyl groups excluding tert-OH is 1. The molecule has 0 aliphatic rings. The molecule has 1 rings (SSSR count). The van der Waals surface area contributed by atoms with Crippen molar-refractivity contribution in [2.45, 2.75) is 19.1 Å². The second-order valence-electron chi connectivity index (χ2n) is 4.43. The van der Waals surface area contributed by atoms with Crippen molar-refractivity contribution in [2.75, 3.05) is 32.9 Å². The SMILES string of the molecule is OC(CNCCOCC(F)F)COCc1ccccc1Cl. The van der Waals surface area contributed by atoms with Gasteiger partial charge in [0.05, 0.1) is 25.9 Å². The maximum Gasteiger partial charge on any atom is 0.261 e. The van der Waals surface area contributed by atoms with E-state index in [2.05, 4.69) is 10.1 Å². The average Bonchev–Trinajstić information content (AvgIpc) is 2.44. The van der Waals surface area contributed by atoms with Gasteiger partial charge in [-0.3, -0.25) is 0 Å². The maximum absolute atomic E-state index is 11.8. The summed E-state index contributed by atoms with van der Waals surface area (Å²) < 4.78 is 33.6. The minimum atomic E-state index is -2.45. The standard InChI is InChI=1S/C14H20ClF2NO3/c15-13-4-2-1-3-11(13)8-21-9-12(19)7-18-5-6-20-10-14(16)17/h1-4,12,14,18-19H,5-10H2. The van der Waals surface area contributed by atoms with Crippen LogP contribution in [0.1, 0.15) is 5.56 Å². The fraction of sp³-hybridized carbons (Fsp3) is 0.571. The first-order valence-electron chi connectivity index (χ1n) is 6.65. The molecule has 4 nitrogen and oxygen atoms in total. The fourth-order valence-corrected chi connectivity index (χ4v) is 1.76. The Balaban J connectivity index is 2.01. The molecule has 0 aliphatic carbocycles. The van der Waals surface area contributed by atoms with E-state index in [9.17, 15) is 13.9 Å². The molecule has 0 aliphatic heterocycles. The van der Waals surface area contributed by atoms with Crippen LogP contribution in [-0.2, 0) is 16.1 Å². The third kappa shape index (κ3) is 8.95. The van der Waals surface area contributed by atoms with Crippen LogP contribution >= 0.6 is 11.6 Å². The van der Waals surface area contributed by atoms with Gasteiger partial charge in [0.15, 0.2) is 0 Å². The van der Waals surface area contributed by atoms with Crippen molar-refractivity contribution >= 4 is 11.6 Å². The Hall–Kier alpha value is -0.790. The normalized spacial score (nSPS) is 12.8. The summed E-state index contributed by atoms with van der Waals surface area (Å²) in [4.78, 5) is 0. The number of halogens is 3. The van der Waals surface area contributed by atoms with Crippen molar-refractivity contribution in [2.24, 2.45) is 0 Å². The Morgan fingerprint density at radius 2 is 1.95 bits per heavy atom. The molecule has 0 aromatic heterocycles. The number of ether oxygens (including phenoxy) is 2. The summed E-state index contributed by atoms with van der Waals surface area (Å²) in [5, 5.41) is 13.2. The lowest BCUT2D eigenvalue weighted by molar-refractivity contribution is 0.0138. The molecule has 0 radical (unpaired) electrons. The van der Waals surface area contributed by atoms with E-state index in [1.165, 1.54) is 0 Å². The summed E-state index contributed by atoms with van der Waals surface area (Å²) >= 11 is 5.97. The third-order valence-corrected chi connectivity index (χ3v) is 2.94. The van der Waals surface area contributed by atoms with Gasteiger partial charge in [-0.15, -0.1) is 0 Å². The number of alkyl halides is 2. The molecule has 0 spiro atoms. The van der Waals surface area contributed by atoms with Gasteiger partial charge in [0.25, 0.3) is 6.43 Å². The van der Waals surface area contributed by atoms with Crippen molar-refractivity contribution in [3.8, 4) is 0 Å². The van der Waals surface area contributed by atoms with E-state index in [1.54, 1.807) is 6.07 Å². The van der Waals surface area contributed by atoms with Crippen LogP contribution < -0.4 is 5.32 Å². The van der Waals surface area contributed by atoms with Crippen LogP contribution in [0.15, 0.2) is 24.3 Å². The Kier molecular flexibility index (Phi) is 9.45. The zero-order valence-electron chi connectivity index (χ0n) is 11.6. The lowest BCUT2D eigenvalue weighted by Crippen LogP contribution is -2.32. The topological polar surface area (TPSA) is 50.7 Å². The third-order valence-electron chi connectivity index (χ3n) is 2.57. The Bertz CT molecular complexity index is 396. The predicted octanol–water partition coefficient (Wildman–Crippen LogP) is 2.09. The summed E-state index contributed by atoms with van der Waals surface area (Å²) in [5.74, 6) is 0. The summed E-state index contributed by atoms with van der Waals surface area (Å²) in [6.45, 7) is 0.807. The van der Waals surface area contributed by atoms with Gasteiger partial charge in [0.2, 0.25) is 0 Å². The second kappa shape index (κ2) is 10.9. The van der Waals surface area contributed by atoms with Crippen LogP contribution in [0, 0.1) is 0 Å². The van der Waals surface area contributed by atoms with Crippen molar-refractivity contribution in [3.05, 3.63) is 34.9 Å². The molecule has 7 heteroatoms. The van der Waals surface area contributed by atoms with Crippen LogP contribution in [0.4, 0.5) is 8.78 Å². The lowest BCUT2D eigenvalue weighted by Gasteiger charge is -2.13. The molecule has 2 N–H and O–H groups in total. The van der Waals surface area contributed by atoms with Gasteiger partial charge in [-0.25, -0.2) is 8.78 Å². The Labute approximate surface area is 128 Å². The van der Waals surface area contributed by atoms with Crippen molar-refractivity contribution in [1.82, 2.24) is 5.32 Å². The van der Waals surface area contributed by atoms with Crippen molar-refractivity contribution < 1.29 is 23.4 Å². The zero-order valence-corrected chi connectivity index (χ0v) is 12.4. The first kappa shape index (κ1) is 18.3. The monoisotopic (exact) mass is 323 g/mol. The van der Waals surface area contributed by atoms with Gasteiger partial charge in [0, 0.05) is 18.1 Å². The van der Waals surface area contributed by atoms with Gasteiger partial charge in [-0.2, -0.15) is 0 Å². The molecule has 0 saturated heterocycles. The van der Waals surface area contributed by atoms with E-state index in [1.807, 2.05) is 18.2 Å². The van der Waals surface area contributed by atoms with E-state index < -0.39 is 19.1 Å². The summed E-state index contributed by atoms with van der Waals surface area (Å²) in [7, 11) is 0. The van der Waals surface area contributed by atoms with Gasteiger partial charge >= 0.3 is 0 Å². The highest BCUT2D eigenvalue weighted by Gasteiger charge is 2.06. The van der Waals surface area contributed by atoms with E-state index >= 15 is 0 Å². The molecule has 0 saturated carbocycles. The maximum atomic E-state index is 11.8. The number of aliphatic hydroxyl groups is 1. The van der Waals surface area contributed by atoms with Gasteiger partial charge in [0.1, 0.15) is 6.61 Å². The number of hydrogen-bond donors (Lipinski definition) is 2. The van der Waals surface area contributed by atoms with Gasteiger partial charge in [-0.1, -0.05) is 29.8 Å². The van der Waals surface area contributed by atoms with Gasteiger partial charge in [-0.05, 0) is 11.6 Å². The van der Waals surface area contributed by atoms with Crippen LogP contribution in [-0.4, -0.2) is 50.5 Å². The second-order valence-corrected chi connectivity index (χ2v) is 4.84. The molecule has 1 aromatic carbocycles. The summed E-state index contributed by atoms with van der Waals surface area (Å²) in [6, 6.07) is 7.33. The van der Waals surface area contributed by atoms with E-state index in [0.29, 0.717) is 24.7 Å². The minimum absolute atomic E-state index is 0.163. The van der Waals surface area contributed by atoms with Gasteiger partial charge < -0.3 is 19.9 Å². The van der Waals surface area contributed by atoms with Crippen LogP contribution in [0.3, 0.4) is 0 Å². The highest BCUT2D eigenvalue weighted by molar-refractivity contribution is 6.31. The zero-order chi connectivity index (χ0) is 15.5. The average molecular weight is 324 g/mol. The minimum Gasteiger partial charge on any atom is -0.389 e. The van der Waals surface area contributed by atoms with E-state index in [4.69, 9.17) is 16.3 Å². The summed E-state index contributed by atoms with van der Waals surface area (Å²) in [5.41, 5.74) is 0.861. The molecular weight excluding hydrogens is 304 g/mol. The predicted molar refractivity (Wildman–Crippen MR) is 76.8 cm³/mol. The quantitative estimate of drug-likeness (QED) is 0.612. The molecule has 1 atom stereocenters. The number of benzene rings is 1. The van der Waals surface area contributed by atoms with Crippen LogP contribution in [0.25, 0.3) is 0 Å². The molecule has 0 heterocycles. The van der Waals surface area contributed by atoms with Crippen molar-refractivity contribution in [3.63, 3.8) is 0 Å². The number of rotatable bonds is 11. The highest BCUT2D eigenvalue weighted by Crippen LogP contribution is 2.15. The Morgan fingerprint density at radius 3 is 2.67 bits per heavy atom. The molecule has 0 amide bonds. The lowest BCUT2D eigenvalue weighted by atomic mass is 10.2. The molecule has 0 fully saturated rings.